The maximum atomic E-state index is 12.5. The van der Waals surface area contributed by atoms with Crippen molar-refractivity contribution in [3.8, 4) is 0 Å². The zero-order valence-corrected chi connectivity index (χ0v) is 10.7. The normalized spacial score (nSPS) is 11.4. The summed E-state index contributed by atoms with van der Waals surface area (Å²) in [6, 6.07) is 0.560. The maximum Gasteiger partial charge on any atom is 0.417 e. The van der Waals surface area contributed by atoms with Gasteiger partial charge in [-0.15, -0.1) is 0 Å². The van der Waals surface area contributed by atoms with Crippen LogP contribution in [0.4, 0.5) is 13.2 Å². The second-order valence-corrected chi connectivity index (χ2v) is 4.04. The van der Waals surface area contributed by atoms with Crippen molar-refractivity contribution >= 4 is 17.6 Å². The average Bonchev–Trinajstić information content (AvgIpc) is 2.30. The van der Waals surface area contributed by atoms with Gasteiger partial charge in [0.15, 0.2) is 0 Å². The molecule has 0 N–H and O–H groups in total. The molecule has 0 aliphatic carbocycles. The summed E-state index contributed by atoms with van der Waals surface area (Å²) in [6.07, 6.45) is -4.18. The fourth-order valence-electron chi connectivity index (χ4n) is 1.37. The molecule has 0 saturated heterocycles. The lowest BCUT2D eigenvalue weighted by atomic mass is 10.2. The summed E-state index contributed by atoms with van der Waals surface area (Å²) in [5.41, 5.74) is -1.82. The first-order valence-electron chi connectivity index (χ1n) is 5.38. The monoisotopic (exact) mass is 297 g/mol. The number of pyridine rings is 1. The van der Waals surface area contributed by atoms with E-state index in [-0.39, 0.29) is 19.6 Å². The second kappa shape index (κ2) is 6.10. The van der Waals surface area contributed by atoms with Crippen molar-refractivity contribution < 1.29 is 22.7 Å². The highest BCUT2D eigenvalue weighted by Gasteiger charge is 2.32. The van der Waals surface area contributed by atoms with Crippen LogP contribution in [0.1, 0.15) is 18.9 Å². The van der Waals surface area contributed by atoms with Gasteiger partial charge in [-0.1, -0.05) is 11.6 Å². The lowest BCUT2D eigenvalue weighted by Gasteiger charge is -2.11. The number of nitrogens with zero attached hydrogens (tertiary/aromatic N) is 1. The van der Waals surface area contributed by atoms with Crippen LogP contribution in [0.25, 0.3) is 0 Å². The molecule has 0 amide bonds. The molecule has 0 saturated carbocycles. The first kappa shape index (κ1) is 15.6. The molecule has 1 heterocycles. The first-order valence-corrected chi connectivity index (χ1v) is 5.76. The molecule has 1 aromatic heterocycles. The summed E-state index contributed by atoms with van der Waals surface area (Å²) in [5, 5.41) is -0.543. The van der Waals surface area contributed by atoms with E-state index in [4.69, 9.17) is 11.6 Å². The predicted molar refractivity (Wildman–Crippen MR) is 62.0 cm³/mol. The van der Waals surface area contributed by atoms with Crippen molar-refractivity contribution in [3.63, 3.8) is 0 Å². The van der Waals surface area contributed by atoms with Crippen molar-refractivity contribution in [3.05, 3.63) is 33.2 Å². The molecule has 0 aromatic carbocycles. The maximum absolute atomic E-state index is 12.5. The van der Waals surface area contributed by atoms with E-state index in [1.54, 1.807) is 6.92 Å². The Morgan fingerprint density at radius 3 is 2.63 bits per heavy atom. The number of carbonyl (C=O) groups is 1. The van der Waals surface area contributed by atoms with Gasteiger partial charge >= 0.3 is 12.1 Å². The Balaban J connectivity index is 2.97. The van der Waals surface area contributed by atoms with E-state index in [2.05, 4.69) is 4.74 Å². The van der Waals surface area contributed by atoms with E-state index in [0.717, 1.165) is 4.57 Å². The first-order chi connectivity index (χ1) is 8.75. The Kier molecular flexibility index (Phi) is 4.99. The number of hydrogen-bond donors (Lipinski definition) is 0. The van der Waals surface area contributed by atoms with Crippen LogP contribution in [0, 0.1) is 0 Å². The molecule has 0 unspecified atom stereocenters. The Morgan fingerprint density at radius 1 is 1.47 bits per heavy atom. The van der Waals surface area contributed by atoms with Gasteiger partial charge in [0, 0.05) is 12.7 Å². The van der Waals surface area contributed by atoms with Crippen LogP contribution in [0.2, 0.25) is 5.02 Å². The number of aromatic nitrogens is 1. The van der Waals surface area contributed by atoms with E-state index in [1.807, 2.05) is 0 Å². The summed E-state index contributed by atoms with van der Waals surface area (Å²) in [4.78, 5) is 22.6. The predicted octanol–water partition coefficient (Wildman–Crippen LogP) is 2.47. The summed E-state index contributed by atoms with van der Waals surface area (Å²) < 4.78 is 43.0. The van der Waals surface area contributed by atoms with Gasteiger partial charge in [-0.05, 0) is 13.0 Å². The zero-order valence-electron chi connectivity index (χ0n) is 9.96. The lowest BCUT2D eigenvalue weighted by Crippen LogP contribution is -2.24. The third-order valence-electron chi connectivity index (χ3n) is 2.23. The highest BCUT2D eigenvalue weighted by Crippen LogP contribution is 2.29. The van der Waals surface area contributed by atoms with Gasteiger partial charge < -0.3 is 9.30 Å². The molecule has 0 aliphatic rings. The second-order valence-electron chi connectivity index (χ2n) is 3.63. The van der Waals surface area contributed by atoms with Crippen LogP contribution < -0.4 is 5.56 Å². The van der Waals surface area contributed by atoms with Crippen molar-refractivity contribution in [2.24, 2.45) is 0 Å². The molecule has 106 valence electrons. The Labute approximate surface area is 111 Å². The van der Waals surface area contributed by atoms with Gasteiger partial charge in [-0.25, -0.2) is 0 Å². The largest absolute Gasteiger partial charge is 0.466 e. The molecule has 0 fully saturated rings. The molecule has 0 radical (unpaired) electrons. The molecule has 4 nitrogen and oxygen atoms in total. The van der Waals surface area contributed by atoms with Gasteiger partial charge in [-0.2, -0.15) is 13.2 Å². The third kappa shape index (κ3) is 4.27. The molecule has 1 rings (SSSR count). The molecule has 1 aromatic rings. The minimum Gasteiger partial charge on any atom is -0.466 e. The number of hydrogen-bond acceptors (Lipinski definition) is 3. The zero-order chi connectivity index (χ0) is 14.6. The van der Waals surface area contributed by atoms with Crippen molar-refractivity contribution in [2.45, 2.75) is 26.1 Å². The van der Waals surface area contributed by atoms with E-state index in [1.165, 1.54) is 0 Å². The van der Waals surface area contributed by atoms with E-state index in [0.29, 0.717) is 12.3 Å². The standard InChI is InChI=1S/C11H11ClF3NO3/c1-2-19-9(17)3-4-16-6-7(11(13,14)15)5-8(12)10(16)18/h5-6H,2-4H2,1H3. The van der Waals surface area contributed by atoms with Gasteiger partial charge in [-0.3, -0.25) is 9.59 Å². The Bertz CT molecular complexity index is 525. The number of halogens is 4. The molecule has 0 atom stereocenters. The average molecular weight is 298 g/mol. The number of esters is 1. The van der Waals surface area contributed by atoms with Crippen LogP contribution in [-0.2, 0) is 22.3 Å². The molecule has 8 heteroatoms. The summed E-state index contributed by atoms with van der Waals surface area (Å²) in [5.74, 6) is -0.595. The van der Waals surface area contributed by atoms with E-state index in [9.17, 15) is 22.8 Å². The van der Waals surface area contributed by atoms with Gasteiger partial charge in [0.2, 0.25) is 0 Å². The lowest BCUT2D eigenvalue weighted by molar-refractivity contribution is -0.143. The highest BCUT2D eigenvalue weighted by molar-refractivity contribution is 6.30. The molecular weight excluding hydrogens is 287 g/mol. The number of ether oxygens (including phenoxy) is 1. The van der Waals surface area contributed by atoms with E-state index >= 15 is 0 Å². The Morgan fingerprint density at radius 2 is 2.11 bits per heavy atom. The fourth-order valence-corrected chi connectivity index (χ4v) is 1.59. The van der Waals surface area contributed by atoms with E-state index < -0.39 is 28.3 Å². The molecule has 19 heavy (non-hydrogen) atoms. The third-order valence-corrected chi connectivity index (χ3v) is 2.50. The molecular formula is C11H11ClF3NO3. The van der Waals surface area contributed by atoms with Crippen molar-refractivity contribution in [2.75, 3.05) is 6.61 Å². The van der Waals surface area contributed by atoms with Crippen molar-refractivity contribution in [1.29, 1.82) is 0 Å². The van der Waals surface area contributed by atoms with Gasteiger partial charge in [0.1, 0.15) is 5.02 Å². The van der Waals surface area contributed by atoms with Gasteiger partial charge in [0.25, 0.3) is 5.56 Å². The molecule has 0 bridgehead atoms. The number of alkyl halides is 3. The number of rotatable bonds is 4. The van der Waals surface area contributed by atoms with Crippen LogP contribution in [0.15, 0.2) is 17.1 Å². The quantitative estimate of drug-likeness (QED) is 0.802. The van der Waals surface area contributed by atoms with Crippen LogP contribution >= 0.6 is 11.6 Å². The number of carbonyl (C=O) groups excluding carboxylic acids is 1. The fraction of sp³-hybridized carbons (Fsp3) is 0.455. The summed E-state index contributed by atoms with van der Waals surface area (Å²) in [7, 11) is 0. The SMILES string of the molecule is CCOC(=O)CCn1cc(C(F)(F)F)cc(Cl)c1=O. The summed E-state index contributed by atoms with van der Waals surface area (Å²) in [6.45, 7) is 1.55. The minimum absolute atomic E-state index is 0.164. The van der Waals surface area contributed by atoms with Crippen LogP contribution in [0.5, 0.6) is 0 Å². The van der Waals surface area contributed by atoms with Crippen molar-refractivity contribution in [1.82, 2.24) is 4.57 Å². The highest BCUT2D eigenvalue weighted by atomic mass is 35.5. The van der Waals surface area contributed by atoms with Crippen LogP contribution in [0.3, 0.4) is 0 Å². The number of aryl methyl sites for hydroxylation is 1. The summed E-state index contributed by atoms with van der Waals surface area (Å²) >= 11 is 5.45. The van der Waals surface area contributed by atoms with Crippen LogP contribution in [-0.4, -0.2) is 17.1 Å². The molecule has 0 aliphatic heterocycles. The smallest absolute Gasteiger partial charge is 0.417 e. The Hall–Kier alpha value is -1.50. The topological polar surface area (TPSA) is 48.3 Å². The molecule has 0 spiro atoms. The van der Waals surface area contributed by atoms with Gasteiger partial charge in [0.05, 0.1) is 18.6 Å². The minimum atomic E-state index is -4.61.